The molecule has 0 aromatic heterocycles. The van der Waals surface area contributed by atoms with E-state index in [0.717, 1.165) is 32.4 Å². The van der Waals surface area contributed by atoms with E-state index in [9.17, 15) is 14.7 Å². The molecule has 2 saturated heterocycles. The summed E-state index contributed by atoms with van der Waals surface area (Å²) in [5.41, 5.74) is -0.265. The van der Waals surface area contributed by atoms with Crippen LogP contribution >= 0.6 is 0 Å². The first-order chi connectivity index (χ1) is 8.42. The summed E-state index contributed by atoms with van der Waals surface area (Å²) < 4.78 is 0. The van der Waals surface area contributed by atoms with Crippen LogP contribution in [0.1, 0.15) is 33.1 Å². The zero-order chi connectivity index (χ0) is 13.3. The van der Waals surface area contributed by atoms with Gasteiger partial charge < -0.3 is 10.0 Å². The van der Waals surface area contributed by atoms with Gasteiger partial charge in [-0.3, -0.25) is 14.5 Å². The Kier molecular flexibility index (Phi) is 3.61. The SMILES string of the molecule is CC1(C)CCCN(CC(=O)N2CCC2)C1C(=O)O. The van der Waals surface area contributed by atoms with E-state index < -0.39 is 12.0 Å². The number of hydrogen-bond donors (Lipinski definition) is 1. The van der Waals surface area contributed by atoms with Crippen molar-refractivity contribution in [3.63, 3.8) is 0 Å². The first-order valence-corrected chi connectivity index (χ1v) is 6.66. The highest BCUT2D eigenvalue weighted by Crippen LogP contribution is 2.35. The number of rotatable bonds is 3. The van der Waals surface area contributed by atoms with Gasteiger partial charge >= 0.3 is 5.97 Å². The summed E-state index contributed by atoms with van der Waals surface area (Å²) in [6, 6.07) is -0.545. The molecule has 5 nitrogen and oxygen atoms in total. The predicted molar refractivity (Wildman–Crippen MR) is 67.2 cm³/mol. The predicted octanol–water partition coefficient (Wildman–Crippen LogP) is 0.794. The van der Waals surface area contributed by atoms with E-state index in [1.165, 1.54) is 0 Å². The molecule has 1 amide bonds. The van der Waals surface area contributed by atoms with Gasteiger partial charge in [0.05, 0.1) is 6.54 Å². The third-order valence-corrected chi connectivity index (χ3v) is 4.15. The number of carboxylic acid groups (broad SMARTS) is 1. The molecule has 1 atom stereocenters. The van der Waals surface area contributed by atoms with Crippen LogP contribution in [0.15, 0.2) is 0 Å². The minimum atomic E-state index is -0.809. The Bertz CT molecular complexity index is 350. The monoisotopic (exact) mass is 254 g/mol. The molecule has 1 unspecified atom stereocenters. The van der Waals surface area contributed by atoms with E-state index in [2.05, 4.69) is 0 Å². The van der Waals surface area contributed by atoms with Gasteiger partial charge in [-0.05, 0) is 31.2 Å². The van der Waals surface area contributed by atoms with Crippen LogP contribution in [-0.4, -0.2) is 59.0 Å². The van der Waals surface area contributed by atoms with Crippen LogP contribution in [-0.2, 0) is 9.59 Å². The van der Waals surface area contributed by atoms with Crippen LogP contribution < -0.4 is 0 Å². The van der Waals surface area contributed by atoms with E-state index in [1.807, 2.05) is 18.7 Å². The summed E-state index contributed by atoms with van der Waals surface area (Å²) in [5, 5.41) is 9.40. The third-order valence-electron chi connectivity index (χ3n) is 4.15. The quantitative estimate of drug-likeness (QED) is 0.809. The second kappa shape index (κ2) is 4.88. The van der Waals surface area contributed by atoms with Crippen molar-refractivity contribution in [3.8, 4) is 0 Å². The van der Waals surface area contributed by atoms with Crippen molar-refractivity contribution in [2.45, 2.75) is 39.2 Å². The molecule has 2 fully saturated rings. The lowest BCUT2D eigenvalue weighted by atomic mass is 9.76. The molecule has 0 aromatic rings. The van der Waals surface area contributed by atoms with Crippen LogP contribution in [0.2, 0.25) is 0 Å². The van der Waals surface area contributed by atoms with Crippen molar-refractivity contribution in [2.24, 2.45) is 5.41 Å². The Morgan fingerprint density at radius 2 is 1.89 bits per heavy atom. The summed E-state index contributed by atoms with van der Waals surface area (Å²) in [6.07, 6.45) is 2.93. The summed E-state index contributed by atoms with van der Waals surface area (Å²) >= 11 is 0. The van der Waals surface area contributed by atoms with E-state index in [4.69, 9.17) is 0 Å². The van der Waals surface area contributed by atoms with Crippen molar-refractivity contribution < 1.29 is 14.7 Å². The Morgan fingerprint density at radius 1 is 1.22 bits per heavy atom. The van der Waals surface area contributed by atoms with Crippen LogP contribution in [0, 0.1) is 5.41 Å². The van der Waals surface area contributed by atoms with Gasteiger partial charge in [0.25, 0.3) is 0 Å². The van der Waals surface area contributed by atoms with E-state index in [1.54, 1.807) is 4.90 Å². The molecule has 0 spiro atoms. The molecular weight excluding hydrogens is 232 g/mol. The summed E-state index contributed by atoms with van der Waals surface area (Å²) in [4.78, 5) is 27.1. The molecule has 2 rings (SSSR count). The van der Waals surface area contributed by atoms with Crippen LogP contribution in [0.25, 0.3) is 0 Å². The molecule has 1 N–H and O–H groups in total. The number of carboxylic acids is 1. The van der Waals surface area contributed by atoms with Gasteiger partial charge in [-0.2, -0.15) is 0 Å². The zero-order valence-corrected chi connectivity index (χ0v) is 11.2. The fraction of sp³-hybridized carbons (Fsp3) is 0.846. The number of aliphatic carboxylic acids is 1. The van der Waals surface area contributed by atoms with Gasteiger partial charge in [0.1, 0.15) is 6.04 Å². The zero-order valence-electron chi connectivity index (χ0n) is 11.2. The molecule has 0 aliphatic carbocycles. The third kappa shape index (κ3) is 2.51. The lowest BCUT2D eigenvalue weighted by Gasteiger charge is -2.44. The van der Waals surface area contributed by atoms with Crippen molar-refractivity contribution >= 4 is 11.9 Å². The topological polar surface area (TPSA) is 60.9 Å². The molecule has 2 heterocycles. The fourth-order valence-electron chi connectivity index (χ4n) is 3.00. The van der Waals surface area contributed by atoms with E-state index >= 15 is 0 Å². The smallest absolute Gasteiger partial charge is 0.321 e. The first kappa shape index (κ1) is 13.3. The number of hydrogen-bond acceptors (Lipinski definition) is 3. The highest BCUT2D eigenvalue weighted by molar-refractivity contribution is 5.81. The van der Waals surface area contributed by atoms with Gasteiger partial charge in [0.15, 0.2) is 0 Å². The Hall–Kier alpha value is -1.10. The van der Waals surface area contributed by atoms with Gasteiger partial charge in [-0.1, -0.05) is 13.8 Å². The second-order valence-electron chi connectivity index (χ2n) is 6.04. The Morgan fingerprint density at radius 3 is 2.39 bits per heavy atom. The van der Waals surface area contributed by atoms with Gasteiger partial charge in [-0.25, -0.2) is 0 Å². The molecular formula is C13H22N2O3. The maximum atomic E-state index is 12.0. The molecule has 0 bridgehead atoms. The molecule has 2 aliphatic heterocycles. The average Bonchev–Trinajstić information content (AvgIpc) is 2.11. The fourth-order valence-corrected chi connectivity index (χ4v) is 3.00. The normalized spacial score (nSPS) is 27.7. The summed E-state index contributed by atoms with van der Waals surface area (Å²) in [6.45, 7) is 6.57. The number of nitrogens with zero attached hydrogens (tertiary/aromatic N) is 2. The van der Waals surface area contributed by atoms with Crippen molar-refractivity contribution in [1.82, 2.24) is 9.80 Å². The van der Waals surface area contributed by atoms with Crippen molar-refractivity contribution in [2.75, 3.05) is 26.2 Å². The number of carbonyl (C=O) groups is 2. The van der Waals surface area contributed by atoms with E-state index in [0.29, 0.717) is 6.54 Å². The number of amides is 1. The molecule has 5 heteroatoms. The maximum Gasteiger partial charge on any atom is 0.321 e. The van der Waals surface area contributed by atoms with E-state index in [-0.39, 0.29) is 17.9 Å². The molecule has 0 radical (unpaired) electrons. The van der Waals surface area contributed by atoms with Crippen LogP contribution in [0.5, 0.6) is 0 Å². The van der Waals surface area contributed by atoms with Gasteiger partial charge in [0, 0.05) is 13.1 Å². The number of likely N-dealkylation sites (tertiary alicyclic amines) is 2. The first-order valence-electron chi connectivity index (χ1n) is 6.66. The van der Waals surface area contributed by atoms with Gasteiger partial charge in [-0.15, -0.1) is 0 Å². The molecule has 0 aromatic carbocycles. The summed E-state index contributed by atoms with van der Waals surface area (Å²) in [7, 11) is 0. The van der Waals surface area contributed by atoms with Crippen LogP contribution in [0.3, 0.4) is 0 Å². The lowest BCUT2D eigenvalue weighted by Crippen LogP contribution is -2.57. The summed E-state index contributed by atoms with van der Waals surface area (Å²) in [5.74, 6) is -0.735. The Balaban J connectivity index is 2.04. The maximum absolute atomic E-state index is 12.0. The molecule has 2 aliphatic rings. The highest BCUT2D eigenvalue weighted by atomic mass is 16.4. The van der Waals surface area contributed by atoms with Crippen molar-refractivity contribution in [1.29, 1.82) is 0 Å². The highest BCUT2D eigenvalue weighted by Gasteiger charge is 2.43. The number of carbonyl (C=O) groups excluding carboxylic acids is 1. The number of piperidine rings is 1. The minimum Gasteiger partial charge on any atom is -0.480 e. The Labute approximate surface area is 108 Å². The largest absolute Gasteiger partial charge is 0.480 e. The standard InChI is InChI=1S/C13H22N2O3/c1-13(2)5-3-6-15(11(13)12(17)18)9-10(16)14-7-4-8-14/h11H,3-9H2,1-2H3,(H,17,18). The second-order valence-corrected chi connectivity index (χ2v) is 6.04. The molecule has 18 heavy (non-hydrogen) atoms. The average molecular weight is 254 g/mol. The lowest BCUT2D eigenvalue weighted by molar-refractivity contribution is -0.153. The molecule has 102 valence electrons. The van der Waals surface area contributed by atoms with Gasteiger partial charge in [0.2, 0.25) is 5.91 Å². The minimum absolute atomic E-state index is 0.0743. The molecule has 0 saturated carbocycles. The van der Waals surface area contributed by atoms with Crippen LogP contribution in [0.4, 0.5) is 0 Å². The van der Waals surface area contributed by atoms with Crippen molar-refractivity contribution in [3.05, 3.63) is 0 Å².